The Hall–Kier alpha value is -3.33. The van der Waals surface area contributed by atoms with Crippen molar-refractivity contribution in [1.29, 1.82) is 0 Å². The van der Waals surface area contributed by atoms with Crippen molar-refractivity contribution in [2.24, 2.45) is 11.8 Å². The molecule has 2 heterocycles. The van der Waals surface area contributed by atoms with E-state index < -0.39 is 23.8 Å². The first-order chi connectivity index (χ1) is 16.7. The van der Waals surface area contributed by atoms with Crippen molar-refractivity contribution in [3.8, 4) is 11.5 Å². The number of carbonyl (C=O) groups excluding carboxylic acids is 3. The van der Waals surface area contributed by atoms with Gasteiger partial charge in [-0.25, -0.2) is 4.79 Å². The molecule has 0 radical (unpaired) electrons. The Labute approximate surface area is 204 Å². The summed E-state index contributed by atoms with van der Waals surface area (Å²) in [6, 6.07) is 5.32. The van der Waals surface area contributed by atoms with E-state index in [1.807, 2.05) is 20.8 Å². The second-order valence-electron chi connectivity index (χ2n) is 9.20. The van der Waals surface area contributed by atoms with Crippen LogP contribution in [0.2, 0.25) is 0 Å². The summed E-state index contributed by atoms with van der Waals surface area (Å²) in [6.07, 6.45) is 0.473. The van der Waals surface area contributed by atoms with Crippen molar-refractivity contribution in [3.63, 3.8) is 0 Å². The predicted molar refractivity (Wildman–Crippen MR) is 125 cm³/mol. The van der Waals surface area contributed by atoms with E-state index in [1.54, 1.807) is 25.1 Å². The lowest BCUT2D eigenvalue weighted by atomic mass is 9.69. The molecule has 35 heavy (non-hydrogen) atoms. The number of esters is 2. The normalized spacial score (nSPS) is 23.3. The molecule has 1 aromatic rings. The van der Waals surface area contributed by atoms with Crippen LogP contribution in [0.15, 0.2) is 40.7 Å². The van der Waals surface area contributed by atoms with E-state index in [9.17, 15) is 14.4 Å². The monoisotopic (exact) mass is 485 g/mol. The molecule has 9 nitrogen and oxygen atoms in total. The van der Waals surface area contributed by atoms with Gasteiger partial charge in [0.1, 0.15) is 12.5 Å². The van der Waals surface area contributed by atoms with Crippen LogP contribution in [0.25, 0.3) is 0 Å². The molecule has 0 fully saturated rings. The molecule has 0 aromatic heterocycles. The standard InChI is InChI=1S/C26H31NO8/c1-13(2)32-8-9-33-26(30)21-15(4)27-17-10-14(3)20(25(29)31-5)24(28)23(17)22(21)16-6-7-18-19(11-16)35-12-34-18/h6-7,11,13-14,20,22,27H,8-10,12H2,1-5H3/t14-,20+,22-/m0/s1. The molecular formula is C26H31NO8. The number of nitrogens with one attached hydrogen (secondary N) is 1. The Morgan fingerprint density at radius 1 is 1.17 bits per heavy atom. The number of hydrogen-bond donors (Lipinski definition) is 1. The summed E-state index contributed by atoms with van der Waals surface area (Å²) in [5, 5.41) is 3.25. The minimum atomic E-state index is -0.952. The Bertz CT molecular complexity index is 1100. The van der Waals surface area contributed by atoms with E-state index in [-0.39, 0.29) is 37.8 Å². The number of hydrogen-bond acceptors (Lipinski definition) is 9. The highest BCUT2D eigenvalue weighted by atomic mass is 16.7. The molecule has 9 heteroatoms. The fourth-order valence-electron chi connectivity index (χ4n) is 4.87. The van der Waals surface area contributed by atoms with Crippen molar-refractivity contribution in [2.75, 3.05) is 27.1 Å². The van der Waals surface area contributed by atoms with Crippen LogP contribution in [-0.2, 0) is 28.6 Å². The first-order valence-corrected chi connectivity index (χ1v) is 11.7. The molecule has 0 bridgehead atoms. The second kappa shape index (κ2) is 10.1. The van der Waals surface area contributed by atoms with Gasteiger partial charge in [0.25, 0.3) is 0 Å². The van der Waals surface area contributed by atoms with Crippen LogP contribution >= 0.6 is 0 Å². The first kappa shape index (κ1) is 24.8. The molecule has 1 N–H and O–H groups in total. The van der Waals surface area contributed by atoms with Crippen molar-refractivity contribution in [2.45, 2.75) is 46.1 Å². The summed E-state index contributed by atoms with van der Waals surface area (Å²) in [5.74, 6) is -2.34. The summed E-state index contributed by atoms with van der Waals surface area (Å²) in [6.45, 7) is 7.85. The van der Waals surface area contributed by atoms with Crippen LogP contribution in [0.4, 0.5) is 0 Å². The summed E-state index contributed by atoms with van der Waals surface area (Å²) in [4.78, 5) is 39.6. The number of fused-ring (bicyclic) bond motifs is 1. The molecule has 0 spiro atoms. The number of carbonyl (C=O) groups is 3. The number of ketones is 1. The maximum Gasteiger partial charge on any atom is 0.336 e. The van der Waals surface area contributed by atoms with Gasteiger partial charge in [-0.05, 0) is 50.8 Å². The van der Waals surface area contributed by atoms with Gasteiger partial charge in [-0.1, -0.05) is 13.0 Å². The SMILES string of the molecule is COC(=O)[C@H]1C(=O)C2=C(C[C@@H]1C)NC(C)=C(C(=O)OCCOC(C)C)[C@@H]2c1ccc2c(c1)OCO2. The second-order valence-corrected chi connectivity index (χ2v) is 9.20. The van der Waals surface area contributed by atoms with Gasteiger partial charge < -0.3 is 29.0 Å². The van der Waals surface area contributed by atoms with Crippen LogP contribution in [0.1, 0.15) is 45.6 Å². The molecule has 3 atom stereocenters. The van der Waals surface area contributed by atoms with E-state index in [4.69, 9.17) is 23.7 Å². The highest BCUT2D eigenvalue weighted by Gasteiger charge is 2.47. The number of allylic oxidation sites excluding steroid dienone is 3. The first-order valence-electron chi connectivity index (χ1n) is 11.7. The van der Waals surface area contributed by atoms with Gasteiger partial charge in [0.05, 0.1) is 25.4 Å². The molecule has 1 aromatic carbocycles. The number of dihydropyridines is 1. The van der Waals surface area contributed by atoms with Gasteiger partial charge in [-0.3, -0.25) is 9.59 Å². The van der Waals surface area contributed by atoms with E-state index in [0.29, 0.717) is 46.0 Å². The minimum Gasteiger partial charge on any atom is -0.468 e. The molecule has 0 unspecified atom stereocenters. The minimum absolute atomic E-state index is 0.0113. The van der Waals surface area contributed by atoms with E-state index in [0.717, 1.165) is 0 Å². The molecule has 4 rings (SSSR count). The van der Waals surface area contributed by atoms with Crippen LogP contribution in [-0.4, -0.2) is 50.9 Å². The molecule has 0 saturated heterocycles. The van der Waals surface area contributed by atoms with Gasteiger partial charge in [-0.15, -0.1) is 0 Å². The van der Waals surface area contributed by atoms with Crippen molar-refractivity contribution < 1.29 is 38.1 Å². The molecular weight excluding hydrogens is 454 g/mol. The zero-order valence-electron chi connectivity index (χ0n) is 20.6. The molecule has 188 valence electrons. The molecule has 3 aliphatic rings. The number of Topliss-reactive ketones (excluding diaryl/α,β-unsaturated/α-hetero) is 1. The van der Waals surface area contributed by atoms with Crippen LogP contribution < -0.4 is 14.8 Å². The third-order valence-electron chi connectivity index (χ3n) is 6.46. The number of benzene rings is 1. The Morgan fingerprint density at radius 2 is 1.91 bits per heavy atom. The van der Waals surface area contributed by atoms with Gasteiger partial charge >= 0.3 is 11.9 Å². The fourth-order valence-corrected chi connectivity index (χ4v) is 4.87. The Kier molecular flexibility index (Phi) is 7.16. The third kappa shape index (κ3) is 4.77. The summed E-state index contributed by atoms with van der Waals surface area (Å²) < 4.78 is 26.9. The van der Waals surface area contributed by atoms with E-state index in [2.05, 4.69) is 5.32 Å². The number of methoxy groups -OCH3 is 1. The van der Waals surface area contributed by atoms with Crippen LogP contribution in [0.3, 0.4) is 0 Å². The molecule has 2 aliphatic heterocycles. The lowest BCUT2D eigenvalue weighted by molar-refractivity contribution is -0.151. The van der Waals surface area contributed by atoms with Crippen LogP contribution in [0, 0.1) is 11.8 Å². The molecule has 0 amide bonds. The Morgan fingerprint density at radius 3 is 2.63 bits per heavy atom. The fraction of sp³-hybridized carbons (Fsp3) is 0.500. The number of ether oxygens (including phenoxy) is 5. The Balaban J connectivity index is 1.75. The highest BCUT2D eigenvalue weighted by Crippen LogP contribution is 2.47. The summed E-state index contributed by atoms with van der Waals surface area (Å²) >= 11 is 0. The maximum absolute atomic E-state index is 13.7. The van der Waals surface area contributed by atoms with Gasteiger partial charge in [0.2, 0.25) is 6.79 Å². The average molecular weight is 486 g/mol. The molecule has 0 saturated carbocycles. The zero-order valence-corrected chi connectivity index (χ0v) is 20.6. The summed E-state index contributed by atoms with van der Waals surface area (Å²) in [7, 11) is 1.27. The highest BCUT2D eigenvalue weighted by molar-refractivity contribution is 6.12. The average Bonchev–Trinajstić information content (AvgIpc) is 3.28. The lowest BCUT2D eigenvalue weighted by Gasteiger charge is -2.38. The van der Waals surface area contributed by atoms with Gasteiger partial charge in [0, 0.05) is 22.9 Å². The summed E-state index contributed by atoms with van der Waals surface area (Å²) in [5.41, 5.74) is 2.63. The quantitative estimate of drug-likeness (QED) is 0.354. The van der Waals surface area contributed by atoms with E-state index >= 15 is 0 Å². The predicted octanol–water partition coefficient (Wildman–Crippen LogP) is 3.00. The van der Waals surface area contributed by atoms with E-state index in [1.165, 1.54) is 7.11 Å². The van der Waals surface area contributed by atoms with Gasteiger partial charge in [-0.2, -0.15) is 0 Å². The maximum atomic E-state index is 13.7. The molecule has 1 aliphatic carbocycles. The number of rotatable bonds is 7. The lowest BCUT2D eigenvalue weighted by Crippen LogP contribution is -2.43. The largest absolute Gasteiger partial charge is 0.468 e. The van der Waals surface area contributed by atoms with Crippen molar-refractivity contribution in [3.05, 3.63) is 46.3 Å². The topological polar surface area (TPSA) is 109 Å². The smallest absolute Gasteiger partial charge is 0.336 e. The van der Waals surface area contributed by atoms with Crippen molar-refractivity contribution >= 4 is 17.7 Å². The van der Waals surface area contributed by atoms with Crippen LogP contribution in [0.5, 0.6) is 11.5 Å². The third-order valence-corrected chi connectivity index (χ3v) is 6.46. The zero-order chi connectivity index (χ0) is 25.3. The van der Waals surface area contributed by atoms with Gasteiger partial charge in [0.15, 0.2) is 17.3 Å². The van der Waals surface area contributed by atoms with Crippen molar-refractivity contribution in [1.82, 2.24) is 5.32 Å².